The minimum absolute atomic E-state index is 0.0767. The number of rotatable bonds is 6. The normalized spacial score (nSPS) is 26.6. The van der Waals surface area contributed by atoms with Gasteiger partial charge in [0.1, 0.15) is 23.5 Å². The first-order valence-electron chi connectivity index (χ1n) is 10.2. The number of fused-ring (bicyclic) bond motifs is 2. The van der Waals surface area contributed by atoms with Gasteiger partial charge in [-0.1, -0.05) is 37.6 Å². The van der Waals surface area contributed by atoms with Crippen LogP contribution in [-0.2, 0) is 9.53 Å². The standard InChI is InChI=1S/C24H26F2O2/c1-2-21(27)23-18-4-3-15(13-18)14-22(23)28-24(16-5-9-19(25)10-6-16)17-7-11-20(26)12-8-17/h5-12,15,18,22-24H,2-4,13-14H2,1H3. The van der Waals surface area contributed by atoms with Crippen molar-refractivity contribution in [2.24, 2.45) is 17.8 Å². The summed E-state index contributed by atoms with van der Waals surface area (Å²) in [4.78, 5) is 12.7. The molecule has 0 N–H and O–H groups in total. The van der Waals surface area contributed by atoms with E-state index in [1.54, 1.807) is 24.3 Å². The van der Waals surface area contributed by atoms with Gasteiger partial charge in [0.15, 0.2) is 0 Å². The van der Waals surface area contributed by atoms with Gasteiger partial charge in [0, 0.05) is 12.3 Å². The lowest BCUT2D eigenvalue weighted by Crippen LogP contribution is -2.40. The third-order valence-corrected chi connectivity index (χ3v) is 6.43. The number of Topliss-reactive ketones (excluding diaryl/α,β-unsaturated/α-hetero) is 1. The average Bonchev–Trinajstić information content (AvgIpc) is 3.08. The monoisotopic (exact) mass is 384 g/mol. The molecule has 4 rings (SSSR count). The van der Waals surface area contributed by atoms with E-state index in [1.165, 1.54) is 24.3 Å². The number of benzene rings is 2. The summed E-state index contributed by atoms with van der Waals surface area (Å²) in [7, 11) is 0. The second kappa shape index (κ2) is 8.12. The number of ether oxygens (including phenoxy) is 1. The van der Waals surface area contributed by atoms with Crippen LogP contribution in [0.15, 0.2) is 48.5 Å². The third kappa shape index (κ3) is 3.88. The molecule has 148 valence electrons. The Morgan fingerprint density at radius 1 is 0.964 bits per heavy atom. The van der Waals surface area contributed by atoms with E-state index >= 15 is 0 Å². The first kappa shape index (κ1) is 19.3. The van der Waals surface area contributed by atoms with E-state index in [4.69, 9.17) is 4.74 Å². The van der Waals surface area contributed by atoms with E-state index in [1.807, 2.05) is 6.92 Å². The van der Waals surface area contributed by atoms with Crippen molar-refractivity contribution in [3.05, 3.63) is 71.3 Å². The van der Waals surface area contributed by atoms with Crippen LogP contribution in [0.5, 0.6) is 0 Å². The summed E-state index contributed by atoms with van der Waals surface area (Å²) < 4.78 is 33.5. The van der Waals surface area contributed by atoms with Crippen LogP contribution in [0.3, 0.4) is 0 Å². The molecule has 4 heteroatoms. The maximum absolute atomic E-state index is 13.5. The smallest absolute Gasteiger partial charge is 0.138 e. The Hall–Kier alpha value is -2.07. The van der Waals surface area contributed by atoms with Gasteiger partial charge < -0.3 is 4.74 Å². The maximum Gasteiger partial charge on any atom is 0.138 e. The molecule has 0 heterocycles. The van der Waals surface area contributed by atoms with Crippen molar-refractivity contribution in [2.45, 2.75) is 51.2 Å². The fourth-order valence-electron chi connectivity index (χ4n) is 5.08. The van der Waals surface area contributed by atoms with Crippen LogP contribution in [0, 0.1) is 29.4 Å². The number of carbonyl (C=O) groups is 1. The Morgan fingerprint density at radius 3 is 2.07 bits per heavy atom. The molecule has 2 bridgehead atoms. The molecule has 2 saturated carbocycles. The van der Waals surface area contributed by atoms with Gasteiger partial charge in [0.05, 0.1) is 6.10 Å². The number of ketones is 1. The van der Waals surface area contributed by atoms with E-state index in [0.717, 1.165) is 36.8 Å². The first-order chi connectivity index (χ1) is 13.5. The molecule has 0 saturated heterocycles. The van der Waals surface area contributed by atoms with Crippen LogP contribution in [-0.4, -0.2) is 11.9 Å². The van der Waals surface area contributed by atoms with Crippen LogP contribution < -0.4 is 0 Å². The zero-order valence-electron chi connectivity index (χ0n) is 16.1. The summed E-state index contributed by atoms with van der Waals surface area (Å²) in [5.74, 6) is 0.587. The van der Waals surface area contributed by atoms with Crippen LogP contribution in [0.1, 0.15) is 56.3 Å². The molecule has 2 aliphatic carbocycles. The first-order valence-corrected chi connectivity index (χ1v) is 10.2. The molecule has 2 aliphatic rings. The lowest BCUT2D eigenvalue weighted by molar-refractivity contribution is -0.136. The van der Waals surface area contributed by atoms with Crippen molar-refractivity contribution in [2.75, 3.05) is 0 Å². The van der Waals surface area contributed by atoms with Crippen LogP contribution in [0.25, 0.3) is 0 Å². The number of halogens is 2. The van der Waals surface area contributed by atoms with E-state index in [9.17, 15) is 13.6 Å². The molecule has 0 amide bonds. The highest BCUT2D eigenvalue weighted by Gasteiger charge is 2.46. The summed E-state index contributed by atoms with van der Waals surface area (Å²) in [6, 6.07) is 12.5. The Labute approximate surface area is 164 Å². The van der Waals surface area contributed by atoms with Gasteiger partial charge in [-0.05, 0) is 66.5 Å². The van der Waals surface area contributed by atoms with Crippen molar-refractivity contribution in [3.63, 3.8) is 0 Å². The molecular formula is C24H26F2O2. The van der Waals surface area contributed by atoms with E-state index in [0.29, 0.717) is 18.3 Å². The second-order valence-corrected chi connectivity index (χ2v) is 8.18. The van der Waals surface area contributed by atoms with Crippen molar-refractivity contribution < 1.29 is 18.3 Å². The van der Waals surface area contributed by atoms with Crippen LogP contribution in [0.2, 0.25) is 0 Å². The lowest BCUT2D eigenvalue weighted by atomic mass is 9.75. The molecule has 0 aromatic heterocycles. The van der Waals surface area contributed by atoms with Gasteiger partial charge >= 0.3 is 0 Å². The molecule has 0 spiro atoms. The second-order valence-electron chi connectivity index (χ2n) is 8.18. The fourth-order valence-corrected chi connectivity index (χ4v) is 5.08. The molecule has 0 aliphatic heterocycles. The molecule has 28 heavy (non-hydrogen) atoms. The molecule has 4 unspecified atom stereocenters. The van der Waals surface area contributed by atoms with Crippen LogP contribution >= 0.6 is 0 Å². The summed E-state index contributed by atoms with van der Waals surface area (Å²) >= 11 is 0. The third-order valence-electron chi connectivity index (χ3n) is 6.43. The quantitative estimate of drug-likeness (QED) is 0.624. The lowest BCUT2D eigenvalue weighted by Gasteiger charge is -2.38. The minimum atomic E-state index is -0.448. The van der Waals surface area contributed by atoms with Gasteiger partial charge in [-0.2, -0.15) is 0 Å². The summed E-state index contributed by atoms with van der Waals surface area (Å²) in [5, 5.41) is 0. The molecule has 2 aromatic carbocycles. The predicted molar refractivity (Wildman–Crippen MR) is 104 cm³/mol. The Kier molecular flexibility index (Phi) is 5.58. The molecule has 0 radical (unpaired) electrons. The predicted octanol–water partition coefficient (Wildman–Crippen LogP) is 5.85. The van der Waals surface area contributed by atoms with Crippen molar-refractivity contribution in [1.29, 1.82) is 0 Å². The number of hydrogen-bond donors (Lipinski definition) is 0. The highest BCUT2D eigenvalue weighted by Crippen LogP contribution is 2.48. The topological polar surface area (TPSA) is 26.3 Å². The Balaban J connectivity index is 1.67. The highest BCUT2D eigenvalue weighted by molar-refractivity contribution is 5.81. The van der Waals surface area contributed by atoms with E-state index in [2.05, 4.69) is 0 Å². The van der Waals surface area contributed by atoms with E-state index < -0.39 is 6.10 Å². The summed E-state index contributed by atoms with van der Waals surface area (Å²) in [6.07, 6.45) is 4.17. The van der Waals surface area contributed by atoms with Gasteiger partial charge in [0.25, 0.3) is 0 Å². The van der Waals surface area contributed by atoms with Crippen molar-refractivity contribution in [1.82, 2.24) is 0 Å². The van der Waals surface area contributed by atoms with Gasteiger partial charge in [0.2, 0.25) is 0 Å². The Bertz CT molecular complexity index is 770. The maximum atomic E-state index is 13.5. The van der Waals surface area contributed by atoms with Crippen molar-refractivity contribution >= 4 is 5.78 Å². The highest BCUT2D eigenvalue weighted by atomic mass is 19.1. The summed E-state index contributed by atoms with van der Waals surface area (Å²) in [6.45, 7) is 1.91. The number of hydrogen-bond acceptors (Lipinski definition) is 2. The molecule has 2 nitrogen and oxygen atoms in total. The molecule has 2 aromatic rings. The summed E-state index contributed by atoms with van der Waals surface area (Å²) in [5.41, 5.74) is 1.63. The van der Waals surface area contributed by atoms with E-state index in [-0.39, 0.29) is 29.4 Å². The zero-order chi connectivity index (χ0) is 19.7. The number of carbonyl (C=O) groups excluding carboxylic acids is 1. The largest absolute Gasteiger partial charge is 0.365 e. The molecule has 2 fully saturated rings. The fraction of sp³-hybridized carbons (Fsp3) is 0.458. The SMILES string of the molecule is CCC(=O)C1C2CCC(C2)CC1OC(c1ccc(F)cc1)c1ccc(F)cc1. The molecular weight excluding hydrogens is 358 g/mol. The molecule has 4 atom stereocenters. The van der Waals surface area contributed by atoms with Crippen molar-refractivity contribution in [3.8, 4) is 0 Å². The minimum Gasteiger partial charge on any atom is -0.365 e. The average molecular weight is 384 g/mol. The van der Waals surface area contributed by atoms with Gasteiger partial charge in [-0.15, -0.1) is 0 Å². The van der Waals surface area contributed by atoms with Gasteiger partial charge in [-0.25, -0.2) is 8.78 Å². The van der Waals surface area contributed by atoms with Gasteiger partial charge in [-0.3, -0.25) is 4.79 Å². The van der Waals surface area contributed by atoms with Crippen LogP contribution in [0.4, 0.5) is 8.78 Å². The Morgan fingerprint density at radius 2 is 1.54 bits per heavy atom. The zero-order valence-corrected chi connectivity index (χ0v) is 16.1.